The lowest BCUT2D eigenvalue weighted by Crippen LogP contribution is -2.22. The van der Waals surface area contributed by atoms with Crippen LogP contribution >= 0.6 is 11.3 Å². The average molecular weight is 326 g/mol. The minimum absolute atomic E-state index is 0.0654. The summed E-state index contributed by atoms with van der Waals surface area (Å²) in [6, 6.07) is 6.10. The Labute approximate surface area is 139 Å². The number of thiophene rings is 1. The van der Waals surface area contributed by atoms with Crippen LogP contribution in [0, 0.1) is 11.3 Å². The van der Waals surface area contributed by atoms with Crippen LogP contribution in [-0.2, 0) is 17.8 Å². The quantitative estimate of drug-likeness (QED) is 0.905. The number of fused-ring (bicyclic) bond motifs is 1. The molecule has 2 aromatic rings. The Morgan fingerprint density at radius 3 is 3.22 bits per heavy atom. The van der Waals surface area contributed by atoms with E-state index in [1.165, 1.54) is 11.3 Å². The fraction of sp³-hybridized carbons (Fsp3) is 0.353. The molecule has 3 heterocycles. The van der Waals surface area contributed by atoms with Crippen molar-refractivity contribution in [3.63, 3.8) is 0 Å². The fourth-order valence-corrected chi connectivity index (χ4v) is 3.97. The number of hydrogen-bond acceptors (Lipinski definition) is 5. The molecule has 0 aromatic carbocycles. The molecule has 3 rings (SSSR count). The lowest BCUT2D eigenvalue weighted by atomic mass is 9.99. The number of carbonyl (C=O) groups is 1. The predicted octanol–water partition coefficient (Wildman–Crippen LogP) is 2.79. The second-order valence-electron chi connectivity index (χ2n) is 5.69. The molecule has 0 bridgehead atoms. The first-order valence-corrected chi connectivity index (χ1v) is 8.45. The molecule has 0 spiro atoms. The van der Waals surface area contributed by atoms with E-state index in [0.717, 1.165) is 35.5 Å². The van der Waals surface area contributed by atoms with Gasteiger partial charge >= 0.3 is 0 Å². The number of nitriles is 1. The van der Waals surface area contributed by atoms with Crippen LogP contribution in [-0.4, -0.2) is 17.4 Å². The number of carbonyl (C=O) groups excluding carboxylic acids is 1. The lowest BCUT2D eigenvalue weighted by molar-refractivity contribution is -0.116. The Kier molecular flexibility index (Phi) is 4.70. The number of aromatic nitrogens is 1. The second-order valence-corrected chi connectivity index (χ2v) is 6.79. The molecule has 0 saturated carbocycles. The van der Waals surface area contributed by atoms with E-state index in [2.05, 4.69) is 21.7 Å². The molecule has 1 aliphatic rings. The summed E-state index contributed by atoms with van der Waals surface area (Å²) in [5.41, 5.74) is 2.76. The highest BCUT2D eigenvalue weighted by Gasteiger charge is 2.22. The summed E-state index contributed by atoms with van der Waals surface area (Å²) < 4.78 is 0. The van der Waals surface area contributed by atoms with Crippen molar-refractivity contribution in [3.05, 3.63) is 46.1 Å². The van der Waals surface area contributed by atoms with Crippen molar-refractivity contribution in [2.45, 2.75) is 32.2 Å². The number of pyridine rings is 1. The van der Waals surface area contributed by atoms with Crippen molar-refractivity contribution in [1.29, 1.82) is 5.26 Å². The highest BCUT2D eigenvalue weighted by molar-refractivity contribution is 7.16. The van der Waals surface area contributed by atoms with Gasteiger partial charge in [0.1, 0.15) is 11.1 Å². The smallest absolute Gasteiger partial charge is 0.225 e. The van der Waals surface area contributed by atoms with Gasteiger partial charge in [0.2, 0.25) is 5.91 Å². The van der Waals surface area contributed by atoms with Gasteiger partial charge in [-0.15, -0.1) is 11.3 Å². The molecule has 118 valence electrons. The summed E-state index contributed by atoms with van der Waals surface area (Å²) in [5.74, 6) is 0.0231. The summed E-state index contributed by atoms with van der Waals surface area (Å²) in [4.78, 5) is 17.6. The van der Waals surface area contributed by atoms with Crippen molar-refractivity contribution >= 4 is 22.2 Å². The van der Waals surface area contributed by atoms with Gasteiger partial charge in [0.15, 0.2) is 0 Å². The van der Waals surface area contributed by atoms with Gasteiger partial charge in [0.25, 0.3) is 0 Å². The Morgan fingerprint density at radius 1 is 1.61 bits per heavy atom. The zero-order valence-corrected chi connectivity index (χ0v) is 13.7. The molecular formula is C17H18N4OS. The molecule has 23 heavy (non-hydrogen) atoms. The van der Waals surface area contributed by atoms with E-state index in [-0.39, 0.29) is 11.8 Å². The zero-order valence-electron chi connectivity index (χ0n) is 12.9. The highest BCUT2D eigenvalue weighted by Crippen LogP contribution is 2.35. The van der Waals surface area contributed by atoms with Crippen LogP contribution in [0.2, 0.25) is 0 Å². The molecule has 1 amide bonds. The van der Waals surface area contributed by atoms with Crippen LogP contribution in [0.5, 0.6) is 0 Å². The van der Waals surface area contributed by atoms with Crippen molar-refractivity contribution in [1.82, 2.24) is 10.3 Å². The number of amides is 1. The number of nitrogens with zero attached hydrogens (tertiary/aromatic N) is 2. The molecule has 2 aromatic heterocycles. The van der Waals surface area contributed by atoms with E-state index >= 15 is 0 Å². The van der Waals surface area contributed by atoms with E-state index in [4.69, 9.17) is 0 Å². The molecule has 1 aliphatic heterocycles. The van der Waals surface area contributed by atoms with Gasteiger partial charge in [-0.25, -0.2) is 0 Å². The Balaban J connectivity index is 1.71. The normalized spacial score (nSPS) is 14.6. The first kappa shape index (κ1) is 15.7. The average Bonchev–Trinajstić information content (AvgIpc) is 2.92. The standard InChI is InChI=1S/C17H18N4OS/c1-11(12-3-2-5-19-9-12)7-16(22)21-17-14(8-18)13-4-6-20-10-15(13)23-17/h2-3,5,9,11,20H,4,6-7,10H2,1H3,(H,21,22)/t11-/m0/s1. The molecule has 0 aliphatic carbocycles. The van der Waals surface area contributed by atoms with Gasteiger partial charge in [0, 0.05) is 30.2 Å². The Hall–Kier alpha value is -2.23. The minimum Gasteiger partial charge on any atom is -0.317 e. The molecule has 6 heteroatoms. The first-order chi connectivity index (χ1) is 11.2. The molecule has 0 saturated heterocycles. The van der Waals surface area contributed by atoms with Crippen LogP contribution in [0.1, 0.15) is 40.8 Å². The third-order valence-corrected chi connectivity index (χ3v) is 5.19. The van der Waals surface area contributed by atoms with E-state index in [1.807, 2.05) is 19.1 Å². The fourth-order valence-electron chi connectivity index (χ4n) is 2.78. The monoisotopic (exact) mass is 326 g/mol. The third kappa shape index (κ3) is 3.41. The van der Waals surface area contributed by atoms with Crippen molar-refractivity contribution in [2.75, 3.05) is 11.9 Å². The summed E-state index contributed by atoms with van der Waals surface area (Å²) in [7, 11) is 0. The summed E-state index contributed by atoms with van der Waals surface area (Å²) >= 11 is 1.51. The molecular weight excluding hydrogens is 308 g/mol. The Bertz CT molecular complexity index is 748. The molecule has 5 nitrogen and oxygen atoms in total. The maximum atomic E-state index is 12.3. The van der Waals surface area contributed by atoms with E-state index < -0.39 is 0 Å². The molecule has 0 unspecified atom stereocenters. The van der Waals surface area contributed by atoms with Gasteiger partial charge in [-0.1, -0.05) is 13.0 Å². The number of rotatable bonds is 4. The highest BCUT2D eigenvalue weighted by atomic mass is 32.1. The molecule has 0 fully saturated rings. The molecule has 0 radical (unpaired) electrons. The number of nitrogens with one attached hydrogen (secondary N) is 2. The first-order valence-electron chi connectivity index (χ1n) is 7.64. The van der Waals surface area contributed by atoms with E-state index in [9.17, 15) is 10.1 Å². The largest absolute Gasteiger partial charge is 0.317 e. The van der Waals surface area contributed by atoms with Gasteiger partial charge in [-0.3, -0.25) is 9.78 Å². The summed E-state index contributed by atoms with van der Waals surface area (Å²) in [5, 5.41) is 16.3. The number of hydrogen-bond donors (Lipinski definition) is 2. The maximum absolute atomic E-state index is 12.3. The van der Waals surface area contributed by atoms with Gasteiger partial charge < -0.3 is 10.6 Å². The zero-order chi connectivity index (χ0) is 16.2. The van der Waals surface area contributed by atoms with Crippen LogP contribution < -0.4 is 10.6 Å². The predicted molar refractivity (Wildman–Crippen MR) is 90.3 cm³/mol. The number of anilines is 1. The van der Waals surface area contributed by atoms with Gasteiger partial charge in [-0.05, 0) is 36.1 Å². The van der Waals surface area contributed by atoms with Crippen LogP contribution in [0.25, 0.3) is 0 Å². The van der Waals surface area contributed by atoms with E-state index in [1.54, 1.807) is 12.4 Å². The maximum Gasteiger partial charge on any atom is 0.225 e. The van der Waals surface area contributed by atoms with Crippen LogP contribution in [0.4, 0.5) is 5.00 Å². The van der Waals surface area contributed by atoms with E-state index in [0.29, 0.717) is 17.0 Å². The minimum atomic E-state index is -0.0654. The Morgan fingerprint density at radius 2 is 2.48 bits per heavy atom. The second kappa shape index (κ2) is 6.90. The van der Waals surface area contributed by atoms with Gasteiger partial charge in [0.05, 0.1) is 5.56 Å². The molecule has 2 N–H and O–H groups in total. The van der Waals surface area contributed by atoms with Crippen LogP contribution in [0.15, 0.2) is 24.5 Å². The van der Waals surface area contributed by atoms with Gasteiger partial charge in [-0.2, -0.15) is 5.26 Å². The van der Waals surface area contributed by atoms with Crippen molar-refractivity contribution in [2.24, 2.45) is 0 Å². The summed E-state index contributed by atoms with van der Waals surface area (Å²) in [6.07, 6.45) is 4.72. The van der Waals surface area contributed by atoms with Crippen LogP contribution in [0.3, 0.4) is 0 Å². The summed E-state index contributed by atoms with van der Waals surface area (Å²) in [6.45, 7) is 3.66. The van der Waals surface area contributed by atoms with Crippen molar-refractivity contribution in [3.8, 4) is 6.07 Å². The third-order valence-electron chi connectivity index (χ3n) is 4.04. The van der Waals surface area contributed by atoms with Crippen molar-refractivity contribution < 1.29 is 4.79 Å². The SMILES string of the molecule is C[C@@H](CC(=O)Nc1sc2c(c1C#N)CCNC2)c1cccnc1. The molecule has 1 atom stereocenters. The topological polar surface area (TPSA) is 77.8 Å². The lowest BCUT2D eigenvalue weighted by Gasteiger charge is -2.12.